The lowest BCUT2D eigenvalue weighted by molar-refractivity contribution is 0.0675. The maximum atomic E-state index is 9.33. The molecule has 0 amide bonds. The Bertz CT molecular complexity index is 460. The number of phenols is 1. The molecule has 1 aromatic carbocycles. The van der Waals surface area contributed by atoms with Gasteiger partial charge < -0.3 is 9.84 Å². The quantitative estimate of drug-likeness (QED) is 0.860. The molecule has 0 saturated carbocycles. The second kappa shape index (κ2) is 4.21. The van der Waals surface area contributed by atoms with E-state index in [1.165, 1.54) is 10.3 Å². The summed E-state index contributed by atoms with van der Waals surface area (Å²) in [6.45, 7) is 4.70. The minimum atomic E-state index is 0.253. The van der Waals surface area contributed by atoms with Gasteiger partial charge in [-0.1, -0.05) is 0 Å². The third-order valence-electron chi connectivity index (χ3n) is 2.11. The molecule has 1 aromatic heterocycles. The first-order chi connectivity index (χ1) is 7.15. The molecule has 80 valence electrons. The molecule has 0 aliphatic rings. The van der Waals surface area contributed by atoms with Crippen molar-refractivity contribution in [3.05, 3.63) is 29.1 Å². The largest absolute Gasteiger partial charge is 0.508 e. The lowest BCUT2D eigenvalue weighted by Gasteiger charge is -2.04. The predicted molar refractivity (Wildman–Crippen MR) is 63.4 cm³/mol. The van der Waals surface area contributed by atoms with Crippen LogP contribution >= 0.6 is 11.3 Å². The highest BCUT2D eigenvalue weighted by atomic mass is 32.1. The van der Waals surface area contributed by atoms with Gasteiger partial charge in [-0.2, -0.15) is 0 Å². The Balaban J connectivity index is 2.23. The third kappa shape index (κ3) is 2.49. The number of hydrogen-bond acceptors (Lipinski definition) is 3. The Hall–Kier alpha value is -1.06. The van der Waals surface area contributed by atoms with E-state index in [-0.39, 0.29) is 6.10 Å². The Morgan fingerprint density at radius 1 is 1.33 bits per heavy atom. The van der Waals surface area contributed by atoms with Gasteiger partial charge in [0.25, 0.3) is 0 Å². The number of phenolic OH excluding ortho intramolecular Hbond substituents is 1. The van der Waals surface area contributed by atoms with Crippen molar-refractivity contribution in [1.29, 1.82) is 0 Å². The number of thiophene rings is 1. The summed E-state index contributed by atoms with van der Waals surface area (Å²) in [4.78, 5) is 1.20. The average Bonchev–Trinajstić information content (AvgIpc) is 2.56. The SMILES string of the molecule is CC(C)OCc1cc2ccc(O)cc2s1. The van der Waals surface area contributed by atoms with Crippen LogP contribution in [-0.4, -0.2) is 11.2 Å². The van der Waals surface area contributed by atoms with Crippen LogP contribution < -0.4 is 0 Å². The van der Waals surface area contributed by atoms with Gasteiger partial charge >= 0.3 is 0 Å². The number of hydrogen-bond donors (Lipinski definition) is 1. The van der Waals surface area contributed by atoms with E-state index in [2.05, 4.69) is 6.07 Å². The molecule has 0 fully saturated rings. The number of benzene rings is 1. The molecule has 0 unspecified atom stereocenters. The number of ether oxygens (including phenoxy) is 1. The van der Waals surface area contributed by atoms with Gasteiger partial charge in [0.15, 0.2) is 0 Å². The van der Waals surface area contributed by atoms with Crippen LogP contribution in [0.5, 0.6) is 5.75 Å². The topological polar surface area (TPSA) is 29.5 Å². The highest BCUT2D eigenvalue weighted by Crippen LogP contribution is 2.29. The summed E-state index contributed by atoms with van der Waals surface area (Å²) < 4.78 is 6.64. The first kappa shape index (κ1) is 10.5. The van der Waals surface area contributed by atoms with Crippen LogP contribution in [-0.2, 0) is 11.3 Å². The maximum Gasteiger partial charge on any atom is 0.117 e. The Morgan fingerprint density at radius 3 is 2.87 bits per heavy atom. The molecule has 1 heterocycles. The van der Waals surface area contributed by atoms with Crippen molar-refractivity contribution in [1.82, 2.24) is 0 Å². The minimum Gasteiger partial charge on any atom is -0.508 e. The van der Waals surface area contributed by atoms with Crippen molar-refractivity contribution < 1.29 is 9.84 Å². The maximum absolute atomic E-state index is 9.33. The highest BCUT2D eigenvalue weighted by molar-refractivity contribution is 7.19. The lowest BCUT2D eigenvalue weighted by atomic mass is 10.2. The van der Waals surface area contributed by atoms with E-state index >= 15 is 0 Å². The summed E-state index contributed by atoms with van der Waals surface area (Å²) in [6.07, 6.45) is 0.253. The van der Waals surface area contributed by atoms with E-state index in [9.17, 15) is 5.11 Å². The number of aromatic hydroxyl groups is 1. The van der Waals surface area contributed by atoms with Crippen molar-refractivity contribution in [2.45, 2.75) is 26.6 Å². The van der Waals surface area contributed by atoms with Crippen LogP contribution in [0.3, 0.4) is 0 Å². The van der Waals surface area contributed by atoms with Crippen molar-refractivity contribution in [2.24, 2.45) is 0 Å². The summed E-state index contributed by atoms with van der Waals surface area (Å²) in [5, 5.41) is 10.5. The predicted octanol–water partition coefficient (Wildman–Crippen LogP) is 3.53. The molecule has 0 saturated heterocycles. The summed E-state index contributed by atoms with van der Waals surface area (Å²) in [5.41, 5.74) is 0. The zero-order chi connectivity index (χ0) is 10.8. The fourth-order valence-corrected chi connectivity index (χ4v) is 2.41. The molecule has 2 aromatic rings. The van der Waals surface area contributed by atoms with Crippen LogP contribution in [0.2, 0.25) is 0 Å². The Kier molecular flexibility index (Phi) is 2.93. The van der Waals surface area contributed by atoms with Gasteiger partial charge in [-0.3, -0.25) is 0 Å². The van der Waals surface area contributed by atoms with Crippen molar-refractivity contribution in [2.75, 3.05) is 0 Å². The van der Waals surface area contributed by atoms with Gasteiger partial charge in [0.2, 0.25) is 0 Å². The molecule has 0 aliphatic carbocycles. The molecular formula is C12H14O2S. The molecule has 0 atom stereocenters. The van der Waals surface area contributed by atoms with Crippen LogP contribution in [0.4, 0.5) is 0 Å². The van der Waals surface area contributed by atoms with E-state index < -0.39 is 0 Å². The van der Waals surface area contributed by atoms with Gasteiger partial charge in [-0.05, 0) is 43.5 Å². The van der Waals surface area contributed by atoms with E-state index in [1.807, 2.05) is 19.9 Å². The second-order valence-corrected chi connectivity index (χ2v) is 4.96. The lowest BCUT2D eigenvalue weighted by Crippen LogP contribution is -2.00. The number of rotatable bonds is 3. The molecular weight excluding hydrogens is 208 g/mol. The second-order valence-electron chi connectivity index (χ2n) is 3.79. The van der Waals surface area contributed by atoms with Gasteiger partial charge in [0.05, 0.1) is 12.7 Å². The Morgan fingerprint density at radius 2 is 2.13 bits per heavy atom. The molecule has 1 N–H and O–H groups in total. The van der Waals surface area contributed by atoms with Crippen LogP contribution in [0.1, 0.15) is 18.7 Å². The van der Waals surface area contributed by atoms with Gasteiger partial charge in [0.1, 0.15) is 5.75 Å². The van der Waals surface area contributed by atoms with Gasteiger partial charge in [0, 0.05) is 9.58 Å². The fourth-order valence-electron chi connectivity index (χ4n) is 1.39. The van der Waals surface area contributed by atoms with E-state index in [0.29, 0.717) is 12.4 Å². The molecule has 2 rings (SSSR count). The van der Waals surface area contributed by atoms with Crippen LogP contribution in [0.25, 0.3) is 10.1 Å². The molecule has 0 bridgehead atoms. The van der Waals surface area contributed by atoms with Crippen molar-refractivity contribution in [3.63, 3.8) is 0 Å². The van der Waals surface area contributed by atoms with Gasteiger partial charge in [-0.25, -0.2) is 0 Å². The average molecular weight is 222 g/mol. The minimum absolute atomic E-state index is 0.253. The monoisotopic (exact) mass is 222 g/mol. The molecule has 3 heteroatoms. The van der Waals surface area contributed by atoms with Crippen molar-refractivity contribution in [3.8, 4) is 5.75 Å². The normalized spacial score (nSPS) is 11.4. The summed E-state index contributed by atoms with van der Waals surface area (Å²) in [7, 11) is 0. The molecule has 0 radical (unpaired) electrons. The Labute approximate surface area is 93.1 Å². The van der Waals surface area contributed by atoms with E-state index in [0.717, 1.165) is 4.70 Å². The zero-order valence-corrected chi connectivity index (χ0v) is 9.67. The van der Waals surface area contributed by atoms with Crippen molar-refractivity contribution >= 4 is 21.4 Å². The molecule has 0 aliphatic heterocycles. The third-order valence-corrected chi connectivity index (χ3v) is 3.18. The summed E-state index contributed by atoms with van der Waals surface area (Å²) in [5.74, 6) is 0.320. The van der Waals surface area contributed by atoms with E-state index in [1.54, 1.807) is 23.5 Å². The smallest absolute Gasteiger partial charge is 0.117 e. The fraction of sp³-hybridized carbons (Fsp3) is 0.333. The summed E-state index contributed by atoms with van der Waals surface area (Å²) in [6, 6.07) is 7.54. The molecule has 0 spiro atoms. The highest BCUT2D eigenvalue weighted by Gasteiger charge is 2.03. The van der Waals surface area contributed by atoms with Gasteiger partial charge in [-0.15, -0.1) is 11.3 Å². The first-order valence-electron chi connectivity index (χ1n) is 4.98. The zero-order valence-electron chi connectivity index (χ0n) is 8.86. The molecule has 2 nitrogen and oxygen atoms in total. The standard InChI is InChI=1S/C12H14O2S/c1-8(2)14-7-11-5-9-3-4-10(13)6-12(9)15-11/h3-6,8,13H,7H2,1-2H3. The number of fused-ring (bicyclic) bond motifs is 1. The van der Waals surface area contributed by atoms with Crippen LogP contribution in [0.15, 0.2) is 24.3 Å². The van der Waals surface area contributed by atoms with Crippen LogP contribution in [0, 0.1) is 0 Å². The summed E-state index contributed by atoms with van der Waals surface area (Å²) >= 11 is 1.67. The first-order valence-corrected chi connectivity index (χ1v) is 5.80. The molecule has 15 heavy (non-hydrogen) atoms. The van der Waals surface area contributed by atoms with E-state index in [4.69, 9.17) is 4.74 Å².